The molecule has 1 N–H and O–H groups in total. The van der Waals surface area contributed by atoms with Gasteiger partial charge >= 0.3 is 6.18 Å². The predicted molar refractivity (Wildman–Crippen MR) is 92.3 cm³/mol. The molecule has 10 heteroatoms. The summed E-state index contributed by atoms with van der Waals surface area (Å²) in [6.07, 6.45) is -2.95. The molecule has 1 aliphatic rings. The van der Waals surface area contributed by atoms with E-state index in [0.29, 0.717) is 45.1 Å². The quantitative estimate of drug-likeness (QED) is 0.846. The Hall–Kier alpha value is -2.75. The SMILES string of the molecule is O=C(NCCN1CCN(c2cccc(C(F)(F)F)n2)CC1)c1cccnn1. The molecular formula is C17H19F3N6O. The van der Waals surface area contributed by atoms with Crippen molar-refractivity contribution in [1.29, 1.82) is 0 Å². The van der Waals surface area contributed by atoms with E-state index in [4.69, 9.17) is 0 Å². The Morgan fingerprint density at radius 1 is 1.11 bits per heavy atom. The lowest BCUT2D eigenvalue weighted by molar-refractivity contribution is -0.141. The first-order chi connectivity index (χ1) is 12.9. The second kappa shape index (κ2) is 8.30. The van der Waals surface area contributed by atoms with Gasteiger partial charge in [-0.2, -0.15) is 18.3 Å². The van der Waals surface area contributed by atoms with Crippen LogP contribution in [0.15, 0.2) is 36.5 Å². The van der Waals surface area contributed by atoms with E-state index in [1.54, 1.807) is 18.2 Å². The van der Waals surface area contributed by atoms with Gasteiger partial charge in [-0.05, 0) is 24.3 Å². The molecule has 0 saturated carbocycles. The van der Waals surface area contributed by atoms with Gasteiger partial charge in [-0.3, -0.25) is 9.69 Å². The van der Waals surface area contributed by atoms with Gasteiger partial charge in [0.2, 0.25) is 0 Å². The number of amides is 1. The Morgan fingerprint density at radius 3 is 2.56 bits per heavy atom. The van der Waals surface area contributed by atoms with E-state index in [0.717, 1.165) is 6.07 Å². The van der Waals surface area contributed by atoms with Crippen molar-refractivity contribution in [2.45, 2.75) is 6.18 Å². The van der Waals surface area contributed by atoms with Gasteiger partial charge in [0.25, 0.3) is 5.91 Å². The second-order valence-electron chi connectivity index (χ2n) is 6.07. The normalized spacial score (nSPS) is 15.6. The Kier molecular flexibility index (Phi) is 5.84. The average Bonchev–Trinajstić information content (AvgIpc) is 2.68. The summed E-state index contributed by atoms with van der Waals surface area (Å²) in [4.78, 5) is 19.6. The number of carbonyl (C=O) groups is 1. The van der Waals surface area contributed by atoms with E-state index in [9.17, 15) is 18.0 Å². The number of hydrogen-bond donors (Lipinski definition) is 1. The fourth-order valence-electron chi connectivity index (χ4n) is 2.80. The van der Waals surface area contributed by atoms with Crippen molar-refractivity contribution in [2.24, 2.45) is 0 Å². The summed E-state index contributed by atoms with van der Waals surface area (Å²) < 4.78 is 38.4. The molecule has 0 atom stereocenters. The minimum atomic E-state index is -4.45. The van der Waals surface area contributed by atoms with Crippen LogP contribution in [0.1, 0.15) is 16.2 Å². The topological polar surface area (TPSA) is 74.2 Å². The van der Waals surface area contributed by atoms with Crippen molar-refractivity contribution < 1.29 is 18.0 Å². The average molecular weight is 380 g/mol. The largest absolute Gasteiger partial charge is 0.433 e. The molecule has 3 rings (SSSR count). The molecule has 144 valence electrons. The number of nitrogens with one attached hydrogen (secondary N) is 1. The zero-order valence-corrected chi connectivity index (χ0v) is 14.5. The summed E-state index contributed by atoms with van der Waals surface area (Å²) >= 11 is 0. The van der Waals surface area contributed by atoms with Crippen LogP contribution >= 0.6 is 0 Å². The number of nitrogens with zero attached hydrogens (tertiary/aromatic N) is 5. The van der Waals surface area contributed by atoms with Gasteiger partial charge in [0.1, 0.15) is 11.5 Å². The minimum Gasteiger partial charge on any atom is -0.354 e. The van der Waals surface area contributed by atoms with Gasteiger partial charge in [-0.25, -0.2) is 4.98 Å². The number of pyridine rings is 1. The number of rotatable bonds is 5. The van der Waals surface area contributed by atoms with Crippen LogP contribution in [0.4, 0.5) is 19.0 Å². The monoisotopic (exact) mass is 380 g/mol. The lowest BCUT2D eigenvalue weighted by Crippen LogP contribution is -2.48. The van der Waals surface area contributed by atoms with E-state index in [1.807, 2.05) is 4.90 Å². The van der Waals surface area contributed by atoms with Crippen molar-refractivity contribution in [3.05, 3.63) is 47.9 Å². The van der Waals surface area contributed by atoms with Gasteiger partial charge < -0.3 is 10.2 Å². The van der Waals surface area contributed by atoms with E-state index in [1.165, 1.54) is 12.3 Å². The summed E-state index contributed by atoms with van der Waals surface area (Å²) in [7, 11) is 0. The molecule has 3 heterocycles. The third-order valence-corrected chi connectivity index (χ3v) is 4.24. The number of piperazine rings is 1. The Bertz CT molecular complexity index is 763. The van der Waals surface area contributed by atoms with Gasteiger partial charge in [-0.1, -0.05) is 6.07 Å². The summed E-state index contributed by atoms with van der Waals surface area (Å²) in [5.74, 6) is 0.0512. The molecule has 1 saturated heterocycles. The molecular weight excluding hydrogens is 361 g/mol. The lowest BCUT2D eigenvalue weighted by Gasteiger charge is -2.35. The first-order valence-corrected chi connectivity index (χ1v) is 8.51. The molecule has 2 aromatic heterocycles. The second-order valence-corrected chi connectivity index (χ2v) is 6.07. The maximum absolute atomic E-state index is 12.8. The molecule has 27 heavy (non-hydrogen) atoms. The highest BCUT2D eigenvalue weighted by molar-refractivity contribution is 5.91. The van der Waals surface area contributed by atoms with E-state index < -0.39 is 11.9 Å². The molecule has 2 aromatic rings. The fraction of sp³-hybridized carbons (Fsp3) is 0.412. The molecule has 0 aliphatic carbocycles. The molecule has 1 amide bonds. The molecule has 0 bridgehead atoms. The van der Waals surface area contributed by atoms with Gasteiger partial charge in [0.05, 0.1) is 0 Å². The third-order valence-electron chi connectivity index (χ3n) is 4.24. The van der Waals surface area contributed by atoms with Crippen LogP contribution in [0.25, 0.3) is 0 Å². The maximum Gasteiger partial charge on any atom is 0.433 e. The van der Waals surface area contributed by atoms with Crippen LogP contribution in [0, 0.1) is 0 Å². The Labute approximate surface area is 154 Å². The first kappa shape index (κ1) is 19.0. The smallest absolute Gasteiger partial charge is 0.354 e. The fourth-order valence-corrected chi connectivity index (χ4v) is 2.80. The van der Waals surface area contributed by atoms with E-state index >= 15 is 0 Å². The highest BCUT2D eigenvalue weighted by Crippen LogP contribution is 2.29. The van der Waals surface area contributed by atoms with Gasteiger partial charge in [-0.15, -0.1) is 5.10 Å². The zero-order valence-electron chi connectivity index (χ0n) is 14.5. The summed E-state index contributed by atoms with van der Waals surface area (Å²) in [6, 6.07) is 7.16. The van der Waals surface area contributed by atoms with Gasteiger partial charge in [0.15, 0.2) is 5.69 Å². The number of alkyl halides is 3. The molecule has 0 unspecified atom stereocenters. The molecule has 7 nitrogen and oxygen atoms in total. The number of hydrogen-bond acceptors (Lipinski definition) is 6. The first-order valence-electron chi connectivity index (χ1n) is 8.51. The standard InChI is InChI=1S/C17H19F3N6O/c18-17(19,20)14-4-1-5-15(23-14)26-11-9-25(10-12-26)8-7-21-16(27)13-3-2-6-22-24-13/h1-6H,7-12H2,(H,21,27). The minimum absolute atomic E-state index is 0.262. The molecule has 1 fully saturated rings. The van der Waals surface area contributed by atoms with E-state index in [2.05, 4.69) is 25.4 Å². The Morgan fingerprint density at radius 2 is 1.89 bits per heavy atom. The van der Waals surface area contributed by atoms with Crippen LogP contribution < -0.4 is 10.2 Å². The van der Waals surface area contributed by atoms with Crippen molar-refractivity contribution in [2.75, 3.05) is 44.2 Å². The number of carbonyl (C=O) groups excluding carboxylic acids is 1. The number of anilines is 1. The summed E-state index contributed by atoms with van der Waals surface area (Å²) in [5, 5.41) is 10.2. The van der Waals surface area contributed by atoms with Gasteiger partial charge in [0, 0.05) is 45.5 Å². The third kappa shape index (κ3) is 5.13. The molecule has 0 aromatic carbocycles. The van der Waals surface area contributed by atoms with Crippen molar-refractivity contribution >= 4 is 11.7 Å². The van der Waals surface area contributed by atoms with Crippen molar-refractivity contribution in [3.8, 4) is 0 Å². The zero-order chi connectivity index (χ0) is 19.3. The maximum atomic E-state index is 12.8. The highest BCUT2D eigenvalue weighted by Gasteiger charge is 2.33. The van der Waals surface area contributed by atoms with Crippen molar-refractivity contribution in [3.63, 3.8) is 0 Å². The molecule has 0 spiro atoms. The summed E-state index contributed by atoms with van der Waals surface area (Å²) in [5.41, 5.74) is -0.618. The highest BCUT2D eigenvalue weighted by atomic mass is 19.4. The van der Waals surface area contributed by atoms with Crippen LogP contribution in [0.5, 0.6) is 0 Å². The summed E-state index contributed by atoms with van der Waals surface area (Å²) in [6.45, 7) is 3.61. The molecule has 1 aliphatic heterocycles. The van der Waals surface area contributed by atoms with Crippen LogP contribution in [0.2, 0.25) is 0 Å². The predicted octanol–water partition coefficient (Wildman–Crippen LogP) is 1.44. The van der Waals surface area contributed by atoms with E-state index in [-0.39, 0.29) is 11.6 Å². The number of aromatic nitrogens is 3. The molecule has 0 radical (unpaired) electrons. The van der Waals surface area contributed by atoms with Crippen LogP contribution in [0.3, 0.4) is 0 Å². The van der Waals surface area contributed by atoms with Crippen molar-refractivity contribution in [1.82, 2.24) is 25.4 Å². The van der Waals surface area contributed by atoms with Crippen LogP contribution in [-0.2, 0) is 6.18 Å². The number of halogens is 3. The lowest BCUT2D eigenvalue weighted by atomic mass is 10.2. The van der Waals surface area contributed by atoms with Crippen LogP contribution in [-0.4, -0.2) is 65.3 Å². The Balaban J connectivity index is 1.45.